The number of aliphatic imine (C=N–C) groups is 1. The molecule has 0 radical (unpaired) electrons. The summed E-state index contributed by atoms with van der Waals surface area (Å²) >= 11 is 0.946. The summed E-state index contributed by atoms with van der Waals surface area (Å²) in [5, 5.41) is 4.34. The van der Waals surface area contributed by atoms with Gasteiger partial charge in [0, 0.05) is 25.5 Å². The molecule has 0 saturated carbocycles. The van der Waals surface area contributed by atoms with Crippen molar-refractivity contribution in [3.8, 4) is 0 Å². The van der Waals surface area contributed by atoms with Crippen molar-refractivity contribution in [2.24, 2.45) is 10.9 Å². The Bertz CT molecular complexity index is 618. The Labute approximate surface area is 148 Å². The first-order valence-corrected chi connectivity index (χ1v) is 8.87. The number of thiazole rings is 1. The highest BCUT2D eigenvalue weighted by Crippen LogP contribution is 2.30. The van der Waals surface area contributed by atoms with Crippen molar-refractivity contribution in [3.05, 3.63) is 16.1 Å². The van der Waals surface area contributed by atoms with E-state index in [9.17, 15) is 18.0 Å². The highest BCUT2D eigenvalue weighted by molar-refractivity contribution is 7.09. The number of halogens is 3. The van der Waals surface area contributed by atoms with E-state index in [-0.39, 0.29) is 18.4 Å². The van der Waals surface area contributed by atoms with Gasteiger partial charge in [0.2, 0.25) is 0 Å². The number of carbonyl (C=O) groups is 1. The molecule has 10 heteroatoms. The summed E-state index contributed by atoms with van der Waals surface area (Å²) in [6, 6.07) is 0. The minimum atomic E-state index is -4.43. The van der Waals surface area contributed by atoms with Crippen LogP contribution in [0.25, 0.3) is 0 Å². The Hall–Kier alpha value is -1.84. The fourth-order valence-corrected chi connectivity index (χ4v) is 3.37. The van der Waals surface area contributed by atoms with E-state index in [1.807, 2.05) is 4.90 Å². The van der Waals surface area contributed by atoms with Crippen molar-refractivity contribution in [1.82, 2.24) is 15.2 Å². The number of likely N-dealkylation sites (tertiary alicyclic amines) is 1. The van der Waals surface area contributed by atoms with Gasteiger partial charge in [0.1, 0.15) is 5.01 Å². The molecule has 1 N–H and O–H groups in total. The van der Waals surface area contributed by atoms with Gasteiger partial charge in [-0.3, -0.25) is 9.79 Å². The van der Waals surface area contributed by atoms with Gasteiger partial charge in [-0.2, -0.15) is 13.2 Å². The molecule has 140 valence electrons. The lowest BCUT2D eigenvalue weighted by Crippen LogP contribution is -2.48. The van der Waals surface area contributed by atoms with Crippen molar-refractivity contribution in [2.75, 3.05) is 26.7 Å². The molecule has 0 spiro atoms. The van der Waals surface area contributed by atoms with Crippen LogP contribution in [0.1, 0.15) is 30.5 Å². The lowest BCUT2D eigenvalue weighted by molar-refractivity contribution is -0.149. The fourth-order valence-electron chi connectivity index (χ4n) is 2.63. The highest BCUT2D eigenvalue weighted by atomic mass is 32.1. The molecule has 6 nitrogen and oxygen atoms in total. The van der Waals surface area contributed by atoms with Crippen LogP contribution in [0.2, 0.25) is 0 Å². The van der Waals surface area contributed by atoms with Crippen LogP contribution in [0.3, 0.4) is 0 Å². The lowest BCUT2D eigenvalue weighted by atomic mass is 9.98. The van der Waals surface area contributed by atoms with Crippen LogP contribution in [0.5, 0.6) is 0 Å². The molecule has 0 bridgehead atoms. The zero-order chi connectivity index (χ0) is 18.4. The van der Waals surface area contributed by atoms with Gasteiger partial charge >= 0.3 is 12.1 Å². The number of esters is 1. The minimum Gasteiger partial charge on any atom is -0.466 e. The van der Waals surface area contributed by atoms with Crippen LogP contribution in [0.15, 0.2) is 10.4 Å². The maximum absolute atomic E-state index is 12.6. The molecule has 2 heterocycles. The van der Waals surface area contributed by atoms with Gasteiger partial charge in [-0.05, 0) is 19.8 Å². The maximum atomic E-state index is 12.6. The Morgan fingerprint density at radius 1 is 1.56 bits per heavy atom. The number of nitrogens with zero attached hydrogens (tertiary/aromatic N) is 3. The smallest absolute Gasteiger partial charge is 0.434 e. The van der Waals surface area contributed by atoms with Crippen molar-refractivity contribution in [2.45, 2.75) is 32.5 Å². The molecule has 1 aliphatic heterocycles. The van der Waals surface area contributed by atoms with Crippen LogP contribution in [0.4, 0.5) is 13.2 Å². The van der Waals surface area contributed by atoms with Crippen LogP contribution in [0, 0.1) is 5.92 Å². The zero-order valence-electron chi connectivity index (χ0n) is 14.1. The molecule has 1 fully saturated rings. The quantitative estimate of drug-likeness (QED) is 0.495. The Morgan fingerprint density at radius 3 is 2.92 bits per heavy atom. The van der Waals surface area contributed by atoms with Crippen LogP contribution in [-0.4, -0.2) is 48.6 Å². The number of hydrogen-bond acceptors (Lipinski definition) is 5. The number of ether oxygens (including phenoxy) is 1. The van der Waals surface area contributed by atoms with Crippen molar-refractivity contribution < 1.29 is 22.7 Å². The van der Waals surface area contributed by atoms with E-state index in [0.717, 1.165) is 36.1 Å². The average Bonchev–Trinajstić information content (AvgIpc) is 3.05. The van der Waals surface area contributed by atoms with E-state index in [2.05, 4.69) is 15.3 Å². The number of aromatic nitrogens is 1. The predicted molar refractivity (Wildman–Crippen MR) is 88.2 cm³/mol. The van der Waals surface area contributed by atoms with E-state index < -0.39 is 11.9 Å². The Morgan fingerprint density at radius 2 is 2.32 bits per heavy atom. The summed E-state index contributed by atoms with van der Waals surface area (Å²) in [5.41, 5.74) is -0.885. The van der Waals surface area contributed by atoms with Crippen LogP contribution in [-0.2, 0) is 22.3 Å². The highest BCUT2D eigenvalue weighted by Gasteiger charge is 2.33. The minimum absolute atomic E-state index is 0.147. The number of hydrogen-bond donors (Lipinski definition) is 1. The van der Waals surface area contributed by atoms with E-state index >= 15 is 0 Å². The Kier molecular flexibility index (Phi) is 6.63. The number of alkyl halides is 3. The largest absolute Gasteiger partial charge is 0.466 e. The van der Waals surface area contributed by atoms with Gasteiger partial charge in [-0.25, -0.2) is 4.98 Å². The van der Waals surface area contributed by atoms with E-state index in [1.54, 1.807) is 14.0 Å². The molecule has 2 rings (SSSR count). The molecule has 1 aliphatic rings. The second-order valence-electron chi connectivity index (χ2n) is 5.56. The standard InChI is InChI=1S/C15H21F3N4O2S/c1-3-24-13(23)10-5-4-6-22(8-10)14(19-2)20-7-12-21-11(9-25-12)15(16,17)18/h9-10H,3-8H2,1-2H3,(H,19,20). The SMILES string of the molecule is CCOC(=O)C1CCCN(C(=NC)NCc2nc(C(F)(F)F)cs2)C1. The summed E-state index contributed by atoms with van der Waals surface area (Å²) in [6.07, 6.45) is -2.86. The molecule has 0 aliphatic carbocycles. The van der Waals surface area contributed by atoms with Gasteiger partial charge in [0.05, 0.1) is 19.1 Å². The van der Waals surface area contributed by atoms with Crippen LogP contribution < -0.4 is 5.32 Å². The van der Waals surface area contributed by atoms with Gasteiger partial charge < -0.3 is 15.0 Å². The molecule has 0 aromatic carbocycles. The monoisotopic (exact) mass is 378 g/mol. The summed E-state index contributed by atoms with van der Waals surface area (Å²) < 4.78 is 42.8. The first-order valence-electron chi connectivity index (χ1n) is 7.99. The van der Waals surface area contributed by atoms with E-state index in [0.29, 0.717) is 24.1 Å². The third kappa shape index (κ3) is 5.32. The number of carbonyl (C=O) groups excluding carboxylic acids is 1. The third-order valence-corrected chi connectivity index (χ3v) is 4.64. The topological polar surface area (TPSA) is 66.8 Å². The maximum Gasteiger partial charge on any atom is 0.434 e. The van der Waals surface area contributed by atoms with E-state index in [1.165, 1.54) is 0 Å². The van der Waals surface area contributed by atoms with Gasteiger partial charge in [-0.15, -0.1) is 11.3 Å². The molecule has 1 aromatic heterocycles. The molecular formula is C15H21F3N4O2S. The summed E-state index contributed by atoms with van der Waals surface area (Å²) in [6.45, 7) is 3.45. The molecule has 1 saturated heterocycles. The van der Waals surface area contributed by atoms with Gasteiger partial charge in [0.15, 0.2) is 11.7 Å². The number of rotatable bonds is 4. The lowest BCUT2D eigenvalue weighted by Gasteiger charge is -2.33. The first kappa shape index (κ1) is 19.5. The van der Waals surface area contributed by atoms with Crippen molar-refractivity contribution in [3.63, 3.8) is 0 Å². The number of guanidine groups is 1. The van der Waals surface area contributed by atoms with E-state index in [4.69, 9.17) is 4.74 Å². The van der Waals surface area contributed by atoms with Crippen molar-refractivity contribution in [1.29, 1.82) is 0 Å². The summed E-state index contributed by atoms with van der Waals surface area (Å²) in [5.74, 6) is 0.0964. The summed E-state index contributed by atoms with van der Waals surface area (Å²) in [7, 11) is 1.60. The average molecular weight is 378 g/mol. The van der Waals surface area contributed by atoms with Gasteiger partial charge in [0.25, 0.3) is 0 Å². The first-order chi connectivity index (χ1) is 11.8. The fraction of sp³-hybridized carbons (Fsp3) is 0.667. The third-order valence-electron chi connectivity index (χ3n) is 3.79. The normalized spacial score (nSPS) is 19.0. The molecule has 1 atom stereocenters. The number of piperidine rings is 1. The molecule has 25 heavy (non-hydrogen) atoms. The zero-order valence-corrected chi connectivity index (χ0v) is 14.9. The number of nitrogens with one attached hydrogen (secondary N) is 1. The Balaban J connectivity index is 1.93. The summed E-state index contributed by atoms with van der Waals surface area (Å²) in [4.78, 5) is 21.6. The molecule has 0 amide bonds. The second-order valence-corrected chi connectivity index (χ2v) is 6.50. The van der Waals surface area contributed by atoms with Crippen LogP contribution >= 0.6 is 11.3 Å². The van der Waals surface area contributed by atoms with Gasteiger partial charge in [-0.1, -0.05) is 0 Å². The van der Waals surface area contributed by atoms with Crippen molar-refractivity contribution >= 4 is 23.3 Å². The molecular weight excluding hydrogens is 357 g/mol. The molecule has 1 unspecified atom stereocenters. The molecule has 1 aromatic rings. The predicted octanol–water partition coefficient (Wildman–Crippen LogP) is 2.51. The second kappa shape index (κ2) is 8.50.